The second-order valence-corrected chi connectivity index (χ2v) is 6.99. The average Bonchev–Trinajstić information content (AvgIpc) is 3.43. The van der Waals surface area contributed by atoms with Gasteiger partial charge < -0.3 is 19.8 Å². The summed E-state index contributed by atoms with van der Waals surface area (Å²) in [5.74, 6) is 0.466. The van der Waals surface area contributed by atoms with Gasteiger partial charge in [0.2, 0.25) is 11.8 Å². The number of para-hydroxylation sites is 2. The molecular formula is C21H22N2O4. The molecule has 1 fully saturated rings. The van der Waals surface area contributed by atoms with Gasteiger partial charge in [-0.05, 0) is 42.5 Å². The zero-order valence-electron chi connectivity index (χ0n) is 15.1. The third-order valence-electron chi connectivity index (χ3n) is 5.45. The van der Waals surface area contributed by atoms with E-state index in [0.29, 0.717) is 23.7 Å². The Kier molecular flexibility index (Phi) is 4.71. The van der Waals surface area contributed by atoms with E-state index >= 15 is 0 Å². The third kappa shape index (κ3) is 3.35. The summed E-state index contributed by atoms with van der Waals surface area (Å²) < 4.78 is 10.6. The molecule has 27 heavy (non-hydrogen) atoms. The van der Waals surface area contributed by atoms with Gasteiger partial charge in [0, 0.05) is 0 Å². The summed E-state index contributed by atoms with van der Waals surface area (Å²) in [7, 11) is 1.57. The molecule has 0 spiro atoms. The lowest BCUT2D eigenvalue weighted by Crippen LogP contribution is -2.41. The van der Waals surface area contributed by atoms with Crippen LogP contribution in [0.15, 0.2) is 59.2 Å². The van der Waals surface area contributed by atoms with Crippen LogP contribution in [0.25, 0.3) is 0 Å². The minimum absolute atomic E-state index is 0.0871. The fourth-order valence-electron chi connectivity index (χ4n) is 4.21. The summed E-state index contributed by atoms with van der Waals surface area (Å²) in [6.45, 7) is 0.324. The summed E-state index contributed by atoms with van der Waals surface area (Å²) in [6.07, 6.45) is 6.54. The van der Waals surface area contributed by atoms with Crippen molar-refractivity contribution in [2.75, 3.05) is 12.4 Å². The van der Waals surface area contributed by atoms with Gasteiger partial charge in [0.25, 0.3) is 0 Å². The number of anilines is 1. The first-order valence-electron chi connectivity index (χ1n) is 9.09. The number of carbonyl (C=O) groups excluding carboxylic acids is 2. The highest BCUT2D eigenvalue weighted by Crippen LogP contribution is 2.48. The molecule has 4 atom stereocenters. The first-order chi connectivity index (χ1) is 13.2. The van der Waals surface area contributed by atoms with Crippen molar-refractivity contribution in [3.05, 3.63) is 60.6 Å². The lowest BCUT2D eigenvalue weighted by molar-refractivity contribution is -0.133. The van der Waals surface area contributed by atoms with Gasteiger partial charge in [-0.2, -0.15) is 0 Å². The van der Waals surface area contributed by atoms with Gasteiger partial charge in [0.1, 0.15) is 11.5 Å². The Balaban J connectivity index is 1.49. The number of rotatable bonds is 6. The number of hydrogen-bond acceptors (Lipinski definition) is 4. The van der Waals surface area contributed by atoms with Gasteiger partial charge in [-0.1, -0.05) is 24.3 Å². The first-order valence-corrected chi connectivity index (χ1v) is 9.09. The number of methoxy groups -OCH3 is 1. The van der Waals surface area contributed by atoms with Gasteiger partial charge in [0.05, 0.1) is 37.4 Å². The normalized spacial score (nSPS) is 25.4. The van der Waals surface area contributed by atoms with Crippen molar-refractivity contribution in [2.45, 2.75) is 13.0 Å². The van der Waals surface area contributed by atoms with Crippen LogP contribution >= 0.6 is 0 Å². The number of nitrogens with one attached hydrogen (secondary N) is 2. The molecule has 0 saturated heterocycles. The second kappa shape index (κ2) is 7.31. The van der Waals surface area contributed by atoms with Crippen LogP contribution in [-0.4, -0.2) is 18.9 Å². The summed E-state index contributed by atoms with van der Waals surface area (Å²) >= 11 is 0. The fraction of sp³-hybridized carbons (Fsp3) is 0.333. The van der Waals surface area contributed by atoms with Crippen molar-refractivity contribution in [2.24, 2.45) is 23.7 Å². The summed E-state index contributed by atoms with van der Waals surface area (Å²) in [5.41, 5.74) is 0.617. The van der Waals surface area contributed by atoms with E-state index in [2.05, 4.69) is 22.8 Å². The van der Waals surface area contributed by atoms with Crippen molar-refractivity contribution in [3.63, 3.8) is 0 Å². The molecule has 0 aliphatic heterocycles. The maximum atomic E-state index is 13.0. The van der Waals surface area contributed by atoms with Crippen LogP contribution < -0.4 is 15.4 Å². The molecule has 2 N–H and O–H groups in total. The van der Waals surface area contributed by atoms with E-state index < -0.39 is 0 Å². The van der Waals surface area contributed by atoms with Gasteiger partial charge in [-0.3, -0.25) is 9.59 Å². The lowest BCUT2D eigenvalue weighted by Gasteiger charge is -2.26. The lowest BCUT2D eigenvalue weighted by atomic mass is 9.81. The van der Waals surface area contributed by atoms with Crippen molar-refractivity contribution in [1.82, 2.24) is 5.32 Å². The molecule has 140 valence electrons. The maximum Gasteiger partial charge on any atom is 0.229 e. The molecule has 1 heterocycles. The largest absolute Gasteiger partial charge is 0.495 e. The molecule has 1 aromatic carbocycles. The topological polar surface area (TPSA) is 80.6 Å². The van der Waals surface area contributed by atoms with Crippen LogP contribution in [0, 0.1) is 23.7 Å². The van der Waals surface area contributed by atoms with Crippen molar-refractivity contribution in [3.8, 4) is 5.75 Å². The number of hydrogen-bond donors (Lipinski definition) is 2. The first kappa shape index (κ1) is 17.4. The van der Waals surface area contributed by atoms with Crippen molar-refractivity contribution >= 4 is 17.5 Å². The van der Waals surface area contributed by atoms with E-state index in [4.69, 9.17) is 9.15 Å². The number of furan rings is 1. The fourth-order valence-corrected chi connectivity index (χ4v) is 4.21. The number of benzene rings is 1. The quantitative estimate of drug-likeness (QED) is 0.770. The van der Waals surface area contributed by atoms with Crippen molar-refractivity contribution in [1.29, 1.82) is 0 Å². The van der Waals surface area contributed by atoms with Crippen molar-refractivity contribution < 1.29 is 18.7 Å². The number of carbonyl (C=O) groups is 2. The molecular weight excluding hydrogens is 344 g/mol. The number of allylic oxidation sites excluding steroid dienone is 2. The molecule has 2 aromatic rings. The standard InChI is InChI=1S/C21H22N2O4/c1-26-17-7-3-2-6-16(17)23-21(25)19-14-9-8-13(11-14)18(19)20(24)22-12-15-5-4-10-27-15/h2-10,13-14,18-19H,11-12H2,1H3,(H,22,24)(H,23,25). The Morgan fingerprint density at radius 2 is 1.81 bits per heavy atom. The highest BCUT2D eigenvalue weighted by atomic mass is 16.5. The van der Waals surface area contributed by atoms with E-state index in [1.807, 2.05) is 18.2 Å². The zero-order valence-corrected chi connectivity index (χ0v) is 15.1. The molecule has 2 aliphatic rings. The summed E-state index contributed by atoms with van der Waals surface area (Å²) in [6, 6.07) is 10.9. The van der Waals surface area contributed by atoms with Crippen LogP contribution in [0.3, 0.4) is 0 Å². The van der Waals surface area contributed by atoms with E-state index in [-0.39, 0.29) is 35.5 Å². The summed E-state index contributed by atoms with van der Waals surface area (Å²) in [4.78, 5) is 25.9. The average molecular weight is 366 g/mol. The Hall–Kier alpha value is -3.02. The van der Waals surface area contributed by atoms with Crippen LogP contribution in [0.5, 0.6) is 5.75 Å². The Bertz CT molecular complexity index is 859. The number of amides is 2. The minimum atomic E-state index is -0.387. The van der Waals surface area contributed by atoms with Crippen LogP contribution in [0.4, 0.5) is 5.69 Å². The Morgan fingerprint density at radius 1 is 1.07 bits per heavy atom. The van der Waals surface area contributed by atoms with Crippen LogP contribution in [-0.2, 0) is 16.1 Å². The maximum absolute atomic E-state index is 13.0. The predicted octanol–water partition coefficient (Wildman–Crippen LogP) is 2.98. The van der Waals surface area contributed by atoms with E-state index in [0.717, 1.165) is 6.42 Å². The number of ether oxygens (including phenoxy) is 1. The SMILES string of the molecule is COc1ccccc1NC(=O)C1C2C=CC(C2)C1C(=O)NCc1ccco1. The van der Waals surface area contributed by atoms with Crippen LogP contribution in [0.2, 0.25) is 0 Å². The molecule has 6 heteroatoms. The third-order valence-corrected chi connectivity index (χ3v) is 5.45. The van der Waals surface area contributed by atoms with Gasteiger partial charge >= 0.3 is 0 Å². The molecule has 2 bridgehead atoms. The van der Waals surface area contributed by atoms with Gasteiger partial charge in [-0.25, -0.2) is 0 Å². The molecule has 0 radical (unpaired) electrons. The highest BCUT2D eigenvalue weighted by Gasteiger charge is 2.51. The highest BCUT2D eigenvalue weighted by molar-refractivity contribution is 5.98. The molecule has 2 amide bonds. The molecule has 4 rings (SSSR count). The Morgan fingerprint density at radius 3 is 2.52 bits per heavy atom. The molecule has 2 aliphatic carbocycles. The smallest absolute Gasteiger partial charge is 0.229 e. The molecule has 6 nitrogen and oxygen atoms in total. The van der Waals surface area contributed by atoms with E-state index in [1.54, 1.807) is 31.6 Å². The predicted molar refractivity (Wildman–Crippen MR) is 99.9 cm³/mol. The van der Waals surface area contributed by atoms with Gasteiger partial charge in [0.15, 0.2) is 0 Å². The molecule has 1 aromatic heterocycles. The van der Waals surface area contributed by atoms with E-state index in [1.165, 1.54) is 0 Å². The zero-order chi connectivity index (χ0) is 18.8. The second-order valence-electron chi connectivity index (χ2n) is 6.99. The van der Waals surface area contributed by atoms with Crippen LogP contribution in [0.1, 0.15) is 12.2 Å². The number of fused-ring (bicyclic) bond motifs is 2. The van der Waals surface area contributed by atoms with Gasteiger partial charge in [-0.15, -0.1) is 0 Å². The molecule has 4 unspecified atom stereocenters. The summed E-state index contributed by atoms with van der Waals surface area (Å²) in [5, 5.41) is 5.86. The van der Waals surface area contributed by atoms with E-state index in [9.17, 15) is 9.59 Å². The Labute approximate surface area is 157 Å². The molecule has 1 saturated carbocycles. The monoisotopic (exact) mass is 366 g/mol. The minimum Gasteiger partial charge on any atom is -0.495 e.